The Morgan fingerprint density at radius 3 is 2.22 bits per heavy atom. The first-order valence-corrected chi connectivity index (χ1v) is 7.45. The summed E-state index contributed by atoms with van der Waals surface area (Å²) in [4.78, 5) is 8.03. The Kier molecular flexibility index (Phi) is 2.20. The van der Waals surface area contributed by atoms with E-state index >= 15 is 0 Å². The molecule has 0 radical (unpaired) electrons. The highest BCUT2D eigenvalue weighted by atomic mass is 15.0. The molecule has 1 unspecified atom stereocenters. The van der Waals surface area contributed by atoms with Gasteiger partial charge in [0.25, 0.3) is 0 Å². The van der Waals surface area contributed by atoms with Crippen LogP contribution >= 0.6 is 0 Å². The fourth-order valence-corrected chi connectivity index (χ4v) is 5.28. The smallest absolute Gasteiger partial charge is 0.122 e. The summed E-state index contributed by atoms with van der Waals surface area (Å²) in [5.74, 6) is 3.91. The van der Waals surface area contributed by atoms with Gasteiger partial charge in [0.05, 0.1) is 6.04 Å². The van der Waals surface area contributed by atoms with Gasteiger partial charge in [-0.1, -0.05) is 0 Å². The number of rotatable bonds is 2. The number of imidazole rings is 1. The van der Waals surface area contributed by atoms with Crippen molar-refractivity contribution in [1.82, 2.24) is 9.97 Å². The number of nitrogens with one attached hydrogen (secondary N) is 1. The van der Waals surface area contributed by atoms with Crippen LogP contribution in [0.5, 0.6) is 0 Å². The molecule has 4 aliphatic carbocycles. The van der Waals surface area contributed by atoms with Crippen LogP contribution in [-0.2, 0) is 5.41 Å². The summed E-state index contributed by atoms with van der Waals surface area (Å²) in [6, 6.07) is 0.0210. The number of aromatic amines is 1. The summed E-state index contributed by atoms with van der Waals surface area (Å²) in [5, 5.41) is 0. The first kappa shape index (κ1) is 11.0. The van der Waals surface area contributed by atoms with Crippen molar-refractivity contribution >= 4 is 0 Å². The Morgan fingerprint density at radius 1 is 1.22 bits per heavy atom. The van der Waals surface area contributed by atoms with Gasteiger partial charge in [0.1, 0.15) is 5.82 Å². The predicted octanol–water partition coefficient (Wildman–Crippen LogP) is 2.90. The summed E-state index contributed by atoms with van der Waals surface area (Å²) in [6.07, 6.45) is 10.7. The topological polar surface area (TPSA) is 54.7 Å². The molecular weight excluding hydrogens is 222 g/mol. The Hall–Kier alpha value is -0.830. The van der Waals surface area contributed by atoms with E-state index in [1.165, 1.54) is 44.2 Å². The lowest BCUT2D eigenvalue weighted by molar-refractivity contribution is -0.00707. The number of nitrogens with zero attached hydrogens (tertiary/aromatic N) is 1. The maximum Gasteiger partial charge on any atom is 0.122 e. The van der Waals surface area contributed by atoms with E-state index in [1.807, 2.05) is 6.92 Å². The third-order valence-corrected chi connectivity index (χ3v) is 5.64. The second-order valence-corrected chi connectivity index (χ2v) is 7.17. The molecule has 3 N–H and O–H groups in total. The summed E-state index contributed by atoms with van der Waals surface area (Å²) in [6.45, 7) is 2.00. The standard InChI is InChI=1S/C15H23N3/c1-9(16)14-17-8-13(18-14)15-5-10-2-11(6-15)4-12(3-10)7-15/h8-12H,2-7,16H2,1H3,(H,17,18). The van der Waals surface area contributed by atoms with Crippen LogP contribution in [0.25, 0.3) is 0 Å². The van der Waals surface area contributed by atoms with Crippen LogP contribution in [0.15, 0.2) is 6.20 Å². The van der Waals surface area contributed by atoms with E-state index in [9.17, 15) is 0 Å². The first-order chi connectivity index (χ1) is 8.64. The molecule has 0 amide bonds. The normalized spacial score (nSPS) is 43.3. The lowest BCUT2D eigenvalue weighted by atomic mass is 9.49. The van der Waals surface area contributed by atoms with Crippen molar-refractivity contribution in [1.29, 1.82) is 0 Å². The van der Waals surface area contributed by atoms with Gasteiger partial charge < -0.3 is 10.7 Å². The predicted molar refractivity (Wildman–Crippen MR) is 71.0 cm³/mol. The Morgan fingerprint density at radius 2 is 1.78 bits per heavy atom. The minimum absolute atomic E-state index is 0.0210. The Bertz CT molecular complexity index is 425. The molecule has 18 heavy (non-hydrogen) atoms. The van der Waals surface area contributed by atoms with Gasteiger partial charge in [0.15, 0.2) is 0 Å². The van der Waals surface area contributed by atoms with E-state index in [1.54, 1.807) is 0 Å². The van der Waals surface area contributed by atoms with Crippen molar-refractivity contribution in [2.75, 3.05) is 0 Å². The van der Waals surface area contributed by atoms with E-state index in [-0.39, 0.29) is 6.04 Å². The van der Waals surface area contributed by atoms with Crippen molar-refractivity contribution < 1.29 is 0 Å². The van der Waals surface area contributed by atoms with E-state index in [0.29, 0.717) is 5.41 Å². The summed E-state index contributed by atoms with van der Waals surface area (Å²) < 4.78 is 0. The van der Waals surface area contributed by atoms with E-state index in [0.717, 1.165) is 23.6 Å². The molecule has 98 valence electrons. The number of hydrogen-bond acceptors (Lipinski definition) is 2. The molecule has 1 aromatic rings. The molecule has 3 heteroatoms. The highest BCUT2D eigenvalue weighted by molar-refractivity contribution is 5.22. The average Bonchev–Trinajstić information content (AvgIpc) is 2.76. The zero-order valence-corrected chi connectivity index (χ0v) is 11.2. The maximum absolute atomic E-state index is 5.92. The number of H-pyrrole nitrogens is 1. The highest BCUT2D eigenvalue weighted by Gasteiger charge is 2.52. The second kappa shape index (κ2) is 3.60. The van der Waals surface area contributed by atoms with Crippen LogP contribution in [0.1, 0.15) is 63.0 Å². The van der Waals surface area contributed by atoms with Crippen LogP contribution in [-0.4, -0.2) is 9.97 Å². The summed E-state index contributed by atoms with van der Waals surface area (Å²) in [7, 11) is 0. The van der Waals surface area contributed by atoms with Gasteiger partial charge in [-0.15, -0.1) is 0 Å². The first-order valence-electron chi connectivity index (χ1n) is 7.45. The van der Waals surface area contributed by atoms with E-state index in [4.69, 9.17) is 5.73 Å². The molecular formula is C15H23N3. The third kappa shape index (κ3) is 1.49. The van der Waals surface area contributed by atoms with Crippen molar-refractivity contribution in [2.45, 2.75) is 56.9 Å². The fraction of sp³-hybridized carbons (Fsp3) is 0.800. The van der Waals surface area contributed by atoms with Crippen molar-refractivity contribution in [3.63, 3.8) is 0 Å². The molecule has 4 aliphatic rings. The molecule has 3 nitrogen and oxygen atoms in total. The molecule has 5 rings (SSSR count). The van der Waals surface area contributed by atoms with Gasteiger partial charge in [0, 0.05) is 17.3 Å². The molecule has 1 atom stereocenters. The minimum Gasteiger partial charge on any atom is -0.344 e. The average molecular weight is 245 g/mol. The molecule has 4 saturated carbocycles. The van der Waals surface area contributed by atoms with E-state index < -0.39 is 0 Å². The summed E-state index contributed by atoms with van der Waals surface area (Å²) in [5.41, 5.74) is 7.73. The van der Waals surface area contributed by atoms with Gasteiger partial charge in [-0.25, -0.2) is 4.98 Å². The van der Waals surface area contributed by atoms with Crippen LogP contribution < -0.4 is 5.73 Å². The molecule has 4 fully saturated rings. The van der Waals surface area contributed by atoms with Crippen molar-refractivity contribution in [3.05, 3.63) is 17.7 Å². The van der Waals surface area contributed by atoms with Gasteiger partial charge in [-0.05, 0) is 63.2 Å². The van der Waals surface area contributed by atoms with E-state index in [2.05, 4.69) is 16.2 Å². The lowest BCUT2D eigenvalue weighted by Gasteiger charge is -2.56. The molecule has 0 aliphatic heterocycles. The third-order valence-electron chi connectivity index (χ3n) is 5.64. The van der Waals surface area contributed by atoms with Gasteiger partial charge in [-0.3, -0.25) is 0 Å². The fourth-order valence-electron chi connectivity index (χ4n) is 5.28. The Labute approximate surface area is 109 Å². The van der Waals surface area contributed by atoms with Gasteiger partial charge >= 0.3 is 0 Å². The van der Waals surface area contributed by atoms with Crippen molar-refractivity contribution in [3.8, 4) is 0 Å². The number of aromatic nitrogens is 2. The number of nitrogens with two attached hydrogens (primary N) is 1. The van der Waals surface area contributed by atoms with Crippen LogP contribution in [0, 0.1) is 17.8 Å². The Balaban J connectivity index is 1.70. The van der Waals surface area contributed by atoms with Crippen LogP contribution in [0.2, 0.25) is 0 Å². The quantitative estimate of drug-likeness (QED) is 0.841. The molecule has 0 aromatic carbocycles. The number of hydrogen-bond donors (Lipinski definition) is 2. The molecule has 1 aromatic heterocycles. The molecule has 0 spiro atoms. The molecule has 4 bridgehead atoms. The molecule has 1 heterocycles. The van der Waals surface area contributed by atoms with Crippen molar-refractivity contribution in [2.24, 2.45) is 23.5 Å². The SMILES string of the molecule is CC(N)c1ncc(C23CC4CC(CC(C4)C2)C3)[nH]1. The van der Waals surface area contributed by atoms with Crippen LogP contribution in [0.4, 0.5) is 0 Å². The van der Waals surface area contributed by atoms with Crippen LogP contribution in [0.3, 0.4) is 0 Å². The van der Waals surface area contributed by atoms with Gasteiger partial charge in [0.2, 0.25) is 0 Å². The molecule has 0 saturated heterocycles. The second-order valence-electron chi connectivity index (χ2n) is 7.17. The minimum atomic E-state index is 0.0210. The zero-order chi connectivity index (χ0) is 12.3. The maximum atomic E-state index is 5.92. The zero-order valence-electron chi connectivity index (χ0n) is 11.2. The lowest BCUT2D eigenvalue weighted by Crippen LogP contribution is -2.48. The largest absolute Gasteiger partial charge is 0.344 e. The summed E-state index contributed by atoms with van der Waals surface area (Å²) >= 11 is 0. The highest BCUT2D eigenvalue weighted by Crippen LogP contribution is 2.60. The van der Waals surface area contributed by atoms with Gasteiger partial charge in [-0.2, -0.15) is 0 Å². The monoisotopic (exact) mass is 245 g/mol.